The molecule has 2 N–H and O–H groups in total. The van der Waals surface area contributed by atoms with Gasteiger partial charge < -0.3 is 5.73 Å². The molecule has 0 amide bonds. The van der Waals surface area contributed by atoms with Crippen LogP contribution in [-0.2, 0) is 0 Å². The van der Waals surface area contributed by atoms with Gasteiger partial charge in [-0.05, 0) is 56.2 Å². The Hall–Kier alpha value is -2.00. The lowest BCUT2D eigenvalue weighted by molar-refractivity contribution is 1.22. The largest absolute Gasteiger partial charge is 0.398 e. The first kappa shape index (κ1) is 14.0. The number of nitrogens with zero attached hydrogens (tertiary/aromatic N) is 1. The Morgan fingerprint density at radius 1 is 0.905 bits per heavy atom. The van der Waals surface area contributed by atoms with E-state index in [0.29, 0.717) is 0 Å². The summed E-state index contributed by atoms with van der Waals surface area (Å²) in [6.45, 7) is 6.28. The quantitative estimate of drug-likeness (QED) is 0.684. The van der Waals surface area contributed by atoms with E-state index in [-0.39, 0.29) is 0 Å². The number of hydrogen-bond donors (Lipinski definition) is 1. The Bertz CT molecular complexity index is 825. The zero-order valence-corrected chi connectivity index (χ0v) is 13.3. The highest BCUT2D eigenvalue weighted by Crippen LogP contribution is 2.37. The molecule has 0 aliphatic carbocycles. The SMILES string of the molecule is Cc1ccc(C)c(Sc2ccc(N)c3cnc(C)cc23)c1. The number of anilines is 1. The first-order valence-corrected chi connectivity index (χ1v) is 7.76. The second-order valence-electron chi connectivity index (χ2n) is 5.40. The van der Waals surface area contributed by atoms with Crippen molar-refractivity contribution in [2.75, 3.05) is 5.73 Å². The summed E-state index contributed by atoms with van der Waals surface area (Å²) >= 11 is 1.79. The van der Waals surface area contributed by atoms with E-state index < -0.39 is 0 Å². The van der Waals surface area contributed by atoms with Crippen LogP contribution in [0, 0.1) is 20.8 Å². The topological polar surface area (TPSA) is 38.9 Å². The first-order valence-electron chi connectivity index (χ1n) is 6.94. The summed E-state index contributed by atoms with van der Waals surface area (Å²) in [7, 11) is 0. The van der Waals surface area contributed by atoms with Crippen LogP contribution < -0.4 is 5.73 Å². The average molecular weight is 294 g/mol. The van der Waals surface area contributed by atoms with Crippen molar-refractivity contribution in [3.63, 3.8) is 0 Å². The minimum Gasteiger partial charge on any atom is -0.398 e. The fraction of sp³-hybridized carbons (Fsp3) is 0.167. The number of nitrogen functional groups attached to an aromatic ring is 1. The summed E-state index contributed by atoms with van der Waals surface area (Å²) in [4.78, 5) is 6.87. The van der Waals surface area contributed by atoms with Crippen LogP contribution in [0.5, 0.6) is 0 Å². The summed E-state index contributed by atoms with van der Waals surface area (Å²) in [6, 6.07) is 12.7. The molecule has 3 rings (SSSR count). The average Bonchev–Trinajstić information content (AvgIpc) is 2.46. The van der Waals surface area contributed by atoms with Gasteiger partial charge >= 0.3 is 0 Å². The normalized spacial score (nSPS) is 11.0. The van der Waals surface area contributed by atoms with Crippen molar-refractivity contribution in [3.05, 3.63) is 59.4 Å². The third-order valence-electron chi connectivity index (χ3n) is 3.59. The third-order valence-corrected chi connectivity index (χ3v) is 4.83. The molecule has 0 saturated heterocycles. The van der Waals surface area contributed by atoms with Gasteiger partial charge in [0.2, 0.25) is 0 Å². The number of rotatable bonds is 2. The fourth-order valence-corrected chi connectivity index (χ4v) is 3.49. The highest BCUT2D eigenvalue weighted by Gasteiger charge is 2.08. The predicted octanol–water partition coefficient (Wildman–Crippen LogP) is 4.89. The molecule has 2 aromatic carbocycles. The van der Waals surface area contributed by atoms with Crippen LogP contribution in [0.4, 0.5) is 5.69 Å². The first-order chi connectivity index (χ1) is 10.0. The Balaban J connectivity index is 2.14. The zero-order valence-electron chi connectivity index (χ0n) is 12.5. The van der Waals surface area contributed by atoms with Gasteiger partial charge in [0, 0.05) is 38.1 Å². The van der Waals surface area contributed by atoms with Crippen LogP contribution in [0.2, 0.25) is 0 Å². The Labute approximate surface area is 129 Å². The van der Waals surface area contributed by atoms with E-state index >= 15 is 0 Å². The van der Waals surface area contributed by atoms with E-state index in [9.17, 15) is 0 Å². The molecule has 21 heavy (non-hydrogen) atoms. The standard InChI is InChI=1S/C18H18N2S/c1-11-4-5-12(2)18(8-11)21-17-7-6-16(19)15-10-20-13(3)9-14(15)17/h4-10H,19H2,1-3H3. The van der Waals surface area contributed by atoms with Crippen LogP contribution in [-0.4, -0.2) is 4.98 Å². The molecule has 0 bridgehead atoms. The highest BCUT2D eigenvalue weighted by atomic mass is 32.2. The van der Waals surface area contributed by atoms with Crippen molar-refractivity contribution in [1.29, 1.82) is 0 Å². The minimum atomic E-state index is 0.780. The lowest BCUT2D eigenvalue weighted by Crippen LogP contribution is -1.91. The monoisotopic (exact) mass is 294 g/mol. The van der Waals surface area contributed by atoms with Crippen molar-refractivity contribution in [2.45, 2.75) is 30.6 Å². The zero-order chi connectivity index (χ0) is 15.0. The van der Waals surface area contributed by atoms with E-state index in [1.165, 1.54) is 26.3 Å². The molecule has 0 atom stereocenters. The van der Waals surface area contributed by atoms with E-state index in [4.69, 9.17) is 5.73 Å². The van der Waals surface area contributed by atoms with Crippen LogP contribution in [0.3, 0.4) is 0 Å². The molecule has 0 aliphatic rings. The summed E-state index contributed by atoms with van der Waals surface area (Å²) < 4.78 is 0. The minimum absolute atomic E-state index is 0.780. The Morgan fingerprint density at radius 2 is 1.71 bits per heavy atom. The van der Waals surface area contributed by atoms with Gasteiger partial charge in [0.15, 0.2) is 0 Å². The molecule has 1 aromatic heterocycles. The number of benzene rings is 2. The van der Waals surface area contributed by atoms with Crippen molar-refractivity contribution in [1.82, 2.24) is 4.98 Å². The fourth-order valence-electron chi connectivity index (χ4n) is 2.36. The Morgan fingerprint density at radius 3 is 2.52 bits per heavy atom. The Kier molecular flexibility index (Phi) is 3.60. The van der Waals surface area contributed by atoms with Gasteiger partial charge in [0.05, 0.1) is 0 Å². The van der Waals surface area contributed by atoms with Crippen LogP contribution in [0.15, 0.2) is 52.4 Å². The molecule has 2 nitrogen and oxygen atoms in total. The number of fused-ring (bicyclic) bond motifs is 1. The molecule has 3 aromatic rings. The van der Waals surface area contributed by atoms with Crippen molar-refractivity contribution in [3.8, 4) is 0 Å². The van der Waals surface area contributed by atoms with E-state index in [1.807, 2.05) is 19.2 Å². The van der Waals surface area contributed by atoms with Crippen LogP contribution in [0.1, 0.15) is 16.8 Å². The smallest absolute Gasteiger partial charge is 0.0410 e. The number of aryl methyl sites for hydroxylation is 3. The maximum Gasteiger partial charge on any atom is 0.0410 e. The lowest BCUT2D eigenvalue weighted by Gasteiger charge is -2.11. The number of pyridine rings is 1. The highest BCUT2D eigenvalue weighted by molar-refractivity contribution is 7.99. The lowest BCUT2D eigenvalue weighted by atomic mass is 10.1. The predicted molar refractivity (Wildman–Crippen MR) is 90.9 cm³/mol. The van der Waals surface area contributed by atoms with Gasteiger partial charge in [-0.15, -0.1) is 0 Å². The van der Waals surface area contributed by atoms with Gasteiger partial charge in [0.1, 0.15) is 0 Å². The molecular weight excluding hydrogens is 276 g/mol. The molecule has 3 heteroatoms. The molecule has 0 aliphatic heterocycles. The van der Waals surface area contributed by atoms with Crippen LogP contribution >= 0.6 is 11.8 Å². The maximum absolute atomic E-state index is 6.07. The van der Waals surface area contributed by atoms with E-state index in [0.717, 1.165) is 16.8 Å². The second-order valence-corrected chi connectivity index (χ2v) is 6.48. The summed E-state index contributed by atoms with van der Waals surface area (Å²) in [5, 5.41) is 2.20. The second kappa shape index (κ2) is 5.41. The van der Waals surface area contributed by atoms with Crippen molar-refractivity contribution < 1.29 is 0 Å². The molecule has 0 radical (unpaired) electrons. The molecular formula is C18H18N2S. The molecule has 0 unspecified atom stereocenters. The van der Waals surface area contributed by atoms with Gasteiger partial charge in [0.25, 0.3) is 0 Å². The van der Waals surface area contributed by atoms with Gasteiger partial charge in [-0.3, -0.25) is 4.98 Å². The van der Waals surface area contributed by atoms with Gasteiger partial charge in [-0.25, -0.2) is 0 Å². The molecule has 0 saturated carbocycles. The summed E-state index contributed by atoms with van der Waals surface area (Å²) in [6.07, 6.45) is 1.87. The number of nitrogens with two attached hydrogens (primary N) is 1. The number of hydrogen-bond acceptors (Lipinski definition) is 3. The molecule has 0 spiro atoms. The molecule has 0 fully saturated rings. The van der Waals surface area contributed by atoms with Crippen molar-refractivity contribution >= 4 is 28.2 Å². The van der Waals surface area contributed by atoms with Gasteiger partial charge in [-0.1, -0.05) is 23.9 Å². The maximum atomic E-state index is 6.07. The third kappa shape index (κ3) is 2.74. The van der Waals surface area contributed by atoms with Crippen LogP contribution in [0.25, 0.3) is 10.8 Å². The molecule has 1 heterocycles. The van der Waals surface area contributed by atoms with Crippen molar-refractivity contribution in [2.24, 2.45) is 0 Å². The van der Waals surface area contributed by atoms with E-state index in [1.54, 1.807) is 11.8 Å². The summed E-state index contributed by atoms with van der Waals surface area (Å²) in [5.74, 6) is 0. The van der Waals surface area contributed by atoms with E-state index in [2.05, 4.69) is 49.2 Å². The number of aromatic nitrogens is 1. The molecule has 106 valence electrons. The summed E-state index contributed by atoms with van der Waals surface area (Å²) in [5.41, 5.74) is 10.4. The van der Waals surface area contributed by atoms with Gasteiger partial charge in [-0.2, -0.15) is 0 Å².